The molecule has 0 unspecified atom stereocenters. The molecule has 0 bridgehead atoms. The second-order valence-corrected chi connectivity index (χ2v) is 6.70. The first kappa shape index (κ1) is 17.1. The van der Waals surface area contributed by atoms with Gasteiger partial charge in [0.25, 0.3) is 0 Å². The van der Waals surface area contributed by atoms with E-state index in [2.05, 4.69) is 42.3 Å². The first-order valence-corrected chi connectivity index (χ1v) is 7.34. The average Bonchev–Trinajstić information content (AvgIpc) is 2.60. The van der Waals surface area contributed by atoms with Crippen molar-refractivity contribution in [3.8, 4) is 0 Å². The van der Waals surface area contributed by atoms with Crippen LogP contribution in [0.5, 0.6) is 0 Å². The molecule has 0 saturated heterocycles. The van der Waals surface area contributed by atoms with E-state index in [0.29, 0.717) is 7.92 Å². The average molecular weight is 277 g/mol. The van der Waals surface area contributed by atoms with E-state index in [1.54, 1.807) is 0 Å². The van der Waals surface area contributed by atoms with Crippen LogP contribution in [-0.2, 0) is 15.5 Å². The first-order valence-electron chi connectivity index (χ1n) is 4.95. The van der Waals surface area contributed by atoms with Gasteiger partial charge in [0, 0.05) is 0 Å². The van der Waals surface area contributed by atoms with Gasteiger partial charge in [-0.15, -0.1) is 7.92 Å². The van der Waals surface area contributed by atoms with Gasteiger partial charge in [-0.2, -0.15) is 0 Å². The molecule has 0 N–H and O–H groups in total. The molecule has 0 amide bonds. The molecule has 0 aromatic heterocycles. The van der Waals surface area contributed by atoms with E-state index < -0.39 is 0 Å². The second-order valence-electron chi connectivity index (χ2n) is 2.83. The standard InChI is InChI=1S/C6H15P.C5H5.ClH.Ni/c1-4-7(5-2)6-3;1-2-4-5-3-1;;/h4-6H2,1-3H3;1-3H,4H2;1H;/q;;;+1/p-1. The van der Waals surface area contributed by atoms with E-state index >= 15 is 0 Å². The third-order valence-electron chi connectivity index (χ3n) is 2.04. The Morgan fingerprint density at radius 1 is 1.21 bits per heavy atom. The molecule has 1 aliphatic rings. The fraction of sp³-hybridized carbons (Fsp3) is 0.636. The predicted molar refractivity (Wildman–Crippen MR) is 60.4 cm³/mol. The molecule has 0 nitrogen and oxygen atoms in total. The van der Waals surface area contributed by atoms with Crippen LogP contribution < -0.4 is 12.4 Å². The number of rotatable bonds is 3. The van der Waals surface area contributed by atoms with Gasteiger partial charge >= 0.3 is 44.7 Å². The van der Waals surface area contributed by atoms with Gasteiger partial charge in [0.05, 0.1) is 0 Å². The molecule has 1 aliphatic carbocycles. The Morgan fingerprint density at radius 2 is 1.71 bits per heavy atom. The molecule has 3 heteroatoms. The summed E-state index contributed by atoms with van der Waals surface area (Å²) in [5, 5.41) is 0. The molecular weight excluding hydrogens is 257 g/mol. The third kappa shape index (κ3) is 9.26. The fourth-order valence-corrected chi connectivity index (χ4v) is 2.63. The number of halogens is 1. The maximum absolute atomic E-state index is 4.53. The van der Waals surface area contributed by atoms with Gasteiger partial charge < -0.3 is 12.4 Å². The van der Waals surface area contributed by atoms with Gasteiger partial charge in [-0.25, -0.2) is 0 Å². The van der Waals surface area contributed by atoms with Crippen molar-refractivity contribution in [3.63, 3.8) is 0 Å². The topological polar surface area (TPSA) is 0 Å². The van der Waals surface area contributed by atoms with E-state index in [9.17, 15) is 0 Å². The summed E-state index contributed by atoms with van der Waals surface area (Å²) in [7, 11) is 0.446. The predicted octanol–water partition coefficient (Wildman–Crippen LogP) is 0.909. The van der Waals surface area contributed by atoms with E-state index in [1.807, 2.05) is 12.2 Å². The van der Waals surface area contributed by atoms with E-state index in [-0.39, 0.29) is 12.4 Å². The zero-order valence-electron chi connectivity index (χ0n) is 9.20. The van der Waals surface area contributed by atoms with Crippen LogP contribution in [0.25, 0.3) is 0 Å². The second kappa shape index (κ2) is 11.8. The van der Waals surface area contributed by atoms with Crippen molar-refractivity contribution in [2.45, 2.75) is 27.2 Å². The zero-order chi connectivity index (χ0) is 10.1. The van der Waals surface area contributed by atoms with Gasteiger partial charge in [-0.05, 0) is 18.5 Å². The van der Waals surface area contributed by atoms with Crippen LogP contribution in [0.1, 0.15) is 27.2 Å². The van der Waals surface area contributed by atoms with Crippen molar-refractivity contribution in [3.05, 3.63) is 22.8 Å². The SMILES string of the molecule is CCP(CC)CC.[Cl-].[Ni+][C]1=CC=CC1. The molecule has 0 saturated carbocycles. The molecule has 0 spiro atoms. The van der Waals surface area contributed by atoms with E-state index in [0.717, 1.165) is 11.0 Å². The van der Waals surface area contributed by atoms with Crippen LogP contribution >= 0.6 is 7.92 Å². The number of hydrogen-bond donors (Lipinski definition) is 0. The van der Waals surface area contributed by atoms with E-state index in [4.69, 9.17) is 0 Å². The number of allylic oxidation sites excluding steroid dienone is 4. The normalized spacial score (nSPS) is 13.1. The van der Waals surface area contributed by atoms with Crippen LogP contribution in [0.4, 0.5) is 0 Å². The van der Waals surface area contributed by atoms with Gasteiger partial charge in [0.15, 0.2) is 0 Å². The Kier molecular flexibility index (Phi) is 14.4. The minimum absolute atomic E-state index is 0. The van der Waals surface area contributed by atoms with Gasteiger partial charge in [-0.3, -0.25) is 0 Å². The monoisotopic (exact) mass is 276 g/mol. The molecule has 0 heterocycles. The summed E-state index contributed by atoms with van der Waals surface area (Å²) in [4.78, 5) is 0. The Labute approximate surface area is 104 Å². The molecule has 0 atom stereocenters. The van der Waals surface area contributed by atoms with Crippen LogP contribution in [0, 0.1) is 0 Å². The molecule has 0 aromatic carbocycles. The van der Waals surface area contributed by atoms with Crippen LogP contribution in [-0.4, -0.2) is 18.5 Å². The quantitative estimate of drug-likeness (QED) is 0.531. The Morgan fingerprint density at radius 3 is 1.79 bits per heavy atom. The zero-order valence-corrected chi connectivity index (χ0v) is 11.8. The summed E-state index contributed by atoms with van der Waals surface area (Å²) in [6.07, 6.45) is 11.3. The summed E-state index contributed by atoms with van der Waals surface area (Å²) in [5.41, 5.74) is 0. The molecule has 0 radical (unpaired) electrons. The van der Waals surface area contributed by atoms with Crippen molar-refractivity contribution in [1.29, 1.82) is 0 Å². The van der Waals surface area contributed by atoms with Crippen LogP contribution in [0.15, 0.2) is 22.8 Å². The first-order chi connectivity index (χ1) is 6.24. The van der Waals surface area contributed by atoms with Crippen molar-refractivity contribution < 1.29 is 27.9 Å². The Balaban J connectivity index is 0. The van der Waals surface area contributed by atoms with Gasteiger partial charge in [0.2, 0.25) is 0 Å². The fourth-order valence-electron chi connectivity index (χ4n) is 1.08. The Hall–Kier alpha value is 0.694. The maximum atomic E-state index is 4.53. The summed E-state index contributed by atoms with van der Waals surface area (Å²) in [6, 6.07) is 0. The van der Waals surface area contributed by atoms with Gasteiger partial charge in [-0.1, -0.05) is 20.8 Å². The Bertz CT molecular complexity index is 169. The van der Waals surface area contributed by atoms with Crippen molar-refractivity contribution in [2.24, 2.45) is 0 Å². The minimum atomic E-state index is 0. The molecule has 1 rings (SSSR count). The molecular formula is C11H20ClNiP. The van der Waals surface area contributed by atoms with E-state index in [1.165, 1.54) is 18.5 Å². The third-order valence-corrected chi connectivity index (χ3v) is 5.09. The summed E-state index contributed by atoms with van der Waals surface area (Å²) < 4.78 is 1.09. The van der Waals surface area contributed by atoms with Gasteiger partial charge in [0.1, 0.15) is 0 Å². The molecule has 0 aliphatic heterocycles. The summed E-state index contributed by atoms with van der Waals surface area (Å²) >= 11 is 4.53. The van der Waals surface area contributed by atoms with Crippen molar-refractivity contribution in [2.75, 3.05) is 18.5 Å². The molecule has 14 heavy (non-hydrogen) atoms. The summed E-state index contributed by atoms with van der Waals surface area (Å²) in [6.45, 7) is 6.87. The molecule has 86 valence electrons. The number of hydrogen-bond acceptors (Lipinski definition) is 0. The van der Waals surface area contributed by atoms with Crippen LogP contribution in [0.3, 0.4) is 0 Å². The van der Waals surface area contributed by atoms with Crippen LogP contribution in [0.2, 0.25) is 0 Å². The molecule has 0 fully saturated rings. The summed E-state index contributed by atoms with van der Waals surface area (Å²) in [5.74, 6) is 0. The van der Waals surface area contributed by atoms with Crippen molar-refractivity contribution >= 4 is 7.92 Å². The molecule has 0 aromatic rings. The van der Waals surface area contributed by atoms with Crippen molar-refractivity contribution in [1.82, 2.24) is 0 Å².